The number of nitrogens with two attached hydrogens (primary N) is 2. The molecule has 0 unspecified atom stereocenters. The zero-order chi connectivity index (χ0) is 27.6. The highest BCUT2D eigenvalue weighted by Gasteiger charge is 2.32. The third kappa shape index (κ3) is 9.18. The van der Waals surface area contributed by atoms with Gasteiger partial charge >= 0.3 is 21.2 Å². The first-order valence-corrected chi connectivity index (χ1v) is 12.6. The van der Waals surface area contributed by atoms with Crippen LogP contribution < -0.4 is 11.5 Å². The van der Waals surface area contributed by atoms with E-state index < -0.39 is 47.7 Å². The van der Waals surface area contributed by atoms with Gasteiger partial charge in [0.1, 0.15) is 10.6 Å². The lowest BCUT2D eigenvalue weighted by Crippen LogP contribution is -2.26. The molecule has 0 heterocycles. The van der Waals surface area contributed by atoms with Crippen LogP contribution in [0, 0.1) is 5.41 Å². The monoisotopic (exact) mass is 555 g/mol. The van der Waals surface area contributed by atoms with Crippen molar-refractivity contribution in [2.45, 2.75) is 0 Å². The molecule has 4 rings (SSSR count). The van der Waals surface area contributed by atoms with Crippen LogP contribution in [0.2, 0.25) is 0 Å². The number of carbonyl (C=O) groups excluding carboxylic acids is 1. The summed E-state index contributed by atoms with van der Waals surface area (Å²) in [6.07, 6.45) is 1.06. The van der Waals surface area contributed by atoms with Gasteiger partial charge in [0, 0.05) is 11.4 Å². The van der Waals surface area contributed by atoms with E-state index in [1.165, 1.54) is 22.9 Å². The molecular formula is C20H17N3O10S3. The number of ketones is 1. The molecule has 3 aromatic rings. The second-order valence-corrected chi connectivity index (χ2v) is 8.72. The van der Waals surface area contributed by atoms with Crippen molar-refractivity contribution in [1.29, 1.82) is 5.41 Å². The van der Waals surface area contributed by atoms with Gasteiger partial charge in [-0.25, -0.2) is 0 Å². The van der Waals surface area contributed by atoms with Crippen LogP contribution >= 0.6 is 0 Å². The van der Waals surface area contributed by atoms with Crippen molar-refractivity contribution in [3.05, 3.63) is 76.7 Å². The van der Waals surface area contributed by atoms with E-state index in [1.807, 2.05) is 30.3 Å². The molecule has 6 N–H and O–H groups in total. The quantitative estimate of drug-likeness (QED) is 0.243. The molecule has 13 nitrogen and oxygen atoms in total. The number of fused-ring (bicyclic) bond motifs is 2. The number of hydrogen-bond donors (Lipinski definition) is 4. The number of rotatable bonds is 1. The number of benzene rings is 3. The molecule has 1 aliphatic carbocycles. The molecule has 0 fully saturated rings. The molecule has 0 spiro atoms. The van der Waals surface area contributed by atoms with Gasteiger partial charge in [0.25, 0.3) is 10.1 Å². The van der Waals surface area contributed by atoms with E-state index in [0.717, 1.165) is 11.8 Å². The predicted octanol–water partition coefficient (Wildman–Crippen LogP) is 1.13. The summed E-state index contributed by atoms with van der Waals surface area (Å²) in [7, 11) is -10.8. The van der Waals surface area contributed by atoms with Gasteiger partial charge in [-0.05, 0) is 40.6 Å². The number of hydrogen-bond acceptors (Lipinski definition) is 12. The van der Waals surface area contributed by atoms with Gasteiger partial charge in [-0.15, -0.1) is 25.3 Å². The van der Waals surface area contributed by atoms with E-state index in [2.05, 4.69) is 12.1 Å². The number of nitrogens with one attached hydrogen (secondary N) is 1. The van der Waals surface area contributed by atoms with Crippen molar-refractivity contribution >= 4 is 71.1 Å². The molecule has 0 saturated carbocycles. The van der Waals surface area contributed by atoms with E-state index in [-0.39, 0.29) is 16.8 Å². The van der Waals surface area contributed by atoms with Crippen molar-refractivity contribution in [2.75, 3.05) is 11.5 Å². The summed E-state index contributed by atoms with van der Waals surface area (Å²) in [6.45, 7) is 0. The van der Waals surface area contributed by atoms with E-state index in [1.54, 1.807) is 6.07 Å². The fraction of sp³-hybridized carbons (Fsp3) is 0. The van der Waals surface area contributed by atoms with Crippen molar-refractivity contribution in [1.82, 2.24) is 0 Å². The van der Waals surface area contributed by atoms with Crippen LogP contribution in [0.5, 0.6) is 0 Å². The minimum Gasteiger partial charge on any atom is -0.399 e. The van der Waals surface area contributed by atoms with Crippen molar-refractivity contribution in [2.24, 2.45) is 0 Å². The van der Waals surface area contributed by atoms with E-state index in [0.29, 0.717) is 0 Å². The minimum atomic E-state index is -4.59. The number of anilines is 2. The van der Waals surface area contributed by atoms with Crippen molar-refractivity contribution < 1.29 is 43.0 Å². The van der Waals surface area contributed by atoms with Gasteiger partial charge in [0.2, 0.25) is 5.78 Å². The van der Waals surface area contributed by atoms with Gasteiger partial charge in [-0.1, -0.05) is 42.5 Å². The maximum Gasteiger partial charge on any atom is 0.425 e. The Morgan fingerprint density at radius 2 is 1.31 bits per heavy atom. The summed E-state index contributed by atoms with van der Waals surface area (Å²) in [5, 5.41) is 9.86. The van der Waals surface area contributed by atoms with E-state index in [9.17, 15) is 13.2 Å². The fourth-order valence-corrected chi connectivity index (χ4v) is 3.46. The predicted molar refractivity (Wildman–Crippen MR) is 130 cm³/mol. The Hall–Kier alpha value is -4.25. The van der Waals surface area contributed by atoms with Gasteiger partial charge in [-0.3, -0.25) is 14.8 Å². The third-order valence-corrected chi connectivity index (χ3v) is 5.05. The summed E-state index contributed by atoms with van der Waals surface area (Å²) < 4.78 is 81.6. The minimum absolute atomic E-state index is 0.0879. The number of nitrogen functional groups attached to an aromatic ring is 2. The molecule has 16 heteroatoms. The first-order chi connectivity index (χ1) is 16.6. The molecule has 190 valence electrons. The number of allylic oxidation sites excluding steroid dienone is 1. The molecule has 0 bridgehead atoms. The van der Waals surface area contributed by atoms with Crippen LogP contribution in [0.1, 0.15) is 15.9 Å². The molecule has 0 radical (unpaired) electrons. The Balaban J connectivity index is 0.000000291. The summed E-state index contributed by atoms with van der Waals surface area (Å²) in [5.41, 5.74) is 11.8. The lowest BCUT2D eigenvalue weighted by molar-refractivity contribution is 0.106. The SMILES string of the molecule is N=C1C(=O)c2c(N)cccc2C=C1S(=O)(=O)O.Nc1ccc2ccccc2c1.O=S(=O)=O.O=S(=O)=O. The topological polar surface area (TPSA) is 250 Å². The first-order valence-electron chi connectivity index (χ1n) is 9.14. The van der Waals surface area contributed by atoms with Gasteiger partial charge < -0.3 is 11.5 Å². The van der Waals surface area contributed by atoms with E-state index >= 15 is 0 Å². The molecular weight excluding hydrogens is 538 g/mol. The van der Waals surface area contributed by atoms with Crippen LogP contribution in [0.15, 0.2) is 65.6 Å². The third-order valence-electron chi connectivity index (χ3n) is 4.17. The fourth-order valence-electron chi connectivity index (χ4n) is 2.83. The lowest BCUT2D eigenvalue weighted by Gasteiger charge is -2.15. The Morgan fingerprint density at radius 3 is 1.83 bits per heavy atom. The molecule has 0 aromatic heterocycles. The van der Waals surface area contributed by atoms with Gasteiger partial charge in [-0.2, -0.15) is 8.42 Å². The largest absolute Gasteiger partial charge is 0.425 e. The van der Waals surface area contributed by atoms with Gasteiger partial charge in [0.15, 0.2) is 0 Å². The van der Waals surface area contributed by atoms with Crippen LogP contribution in [-0.2, 0) is 31.3 Å². The summed E-state index contributed by atoms with van der Waals surface area (Å²) in [6, 6.07) is 18.6. The second kappa shape index (κ2) is 13.0. The van der Waals surface area contributed by atoms with Crippen LogP contribution in [0.4, 0.5) is 11.4 Å². The van der Waals surface area contributed by atoms with Crippen LogP contribution in [0.3, 0.4) is 0 Å². The summed E-state index contributed by atoms with van der Waals surface area (Å²) in [5.74, 6) is -0.812. The first kappa shape index (κ1) is 29.8. The highest BCUT2D eigenvalue weighted by molar-refractivity contribution is 7.91. The maximum atomic E-state index is 11.8. The molecule has 1 aliphatic rings. The Bertz CT molecular complexity index is 1640. The molecule has 0 saturated heterocycles. The normalized spacial score (nSPS) is 11.8. The average Bonchev–Trinajstić information content (AvgIpc) is 2.75. The summed E-state index contributed by atoms with van der Waals surface area (Å²) >= 11 is 0. The van der Waals surface area contributed by atoms with Crippen LogP contribution in [-0.4, -0.2) is 49.7 Å². The Labute approximate surface area is 207 Å². The number of Topliss-reactive ketones (excluding diaryl/α,β-unsaturated/α-hetero) is 1. The Kier molecular flexibility index (Phi) is 10.8. The van der Waals surface area contributed by atoms with Crippen LogP contribution in [0.25, 0.3) is 16.8 Å². The molecule has 36 heavy (non-hydrogen) atoms. The number of carbonyl (C=O) groups is 1. The highest BCUT2D eigenvalue weighted by atomic mass is 32.2. The molecule has 0 amide bonds. The smallest absolute Gasteiger partial charge is 0.399 e. The molecule has 0 aliphatic heterocycles. The zero-order valence-electron chi connectivity index (χ0n) is 17.9. The van der Waals surface area contributed by atoms with Crippen molar-refractivity contribution in [3.63, 3.8) is 0 Å². The molecule has 0 atom stereocenters. The standard InChI is InChI=1S/C10H8N2O4S.C10H9N.2O3S/c11-6-3-1-2-5-4-7(17(14,15)16)9(12)10(13)8(5)6;11-10-6-5-8-3-1-2-4-9(8)7-10;2*1-4(2)3/h1-4,12H,11H2,(H,14,15,16);1-7H,11H2;;. The van der Waals surface area contributed by atoms with Gasteiger partial charge in [0.05, 0.1) is 5.56 Å². The maximum absolute atomic E-state index is 11.8. The van der Waals surface area contributed by atoms with Crippen molar-refractivity contribution in [3.8, 4) is 0 Å². The summed E-state index contributed by atoms with van der Waals surface area (Å²) in [4.78, 5) is 11.1. The Morgan fingerprint density at radius 1 is 0.778 bits per heavy atom. The average molecular weight is 556 g/mol. The lowest BCUT2D eigenvalue weighted by atomic mass is 9.93. The highest BCUT2D eigenvalue weighted by Crippen LogP contribution is 2.28. The zero-order valence-corrected chi connectivity index (χ0v) is 20.3. The molecule has 3 aromatic carbocycles. The second-order valence-electron chi connectivity index (χ2n) is 6.51. The van der Waals surface area contributed by atoms with E-state index in [4.69, 9.17) is 46.7 Å².